The molecule has 1 heterocycles. The molecule has 1 aromatic heterocycles. The van der Waals surface area contributed by atoms with Crippen molar-refractivity contribution in [1.29, 1.82) is 0 Å². The van der Waals surface area contributed by atoms with Crippen molar-refractivity contribution in [1.82, 2.24) is 10.9 Å². The summed E-state index contributed by atoms with van der Waals surface area (Å²) in [4.78, 5) is 23.8. The molecule has 0 unspecified atom stereocenters. The summed E-state index contributed by atoms with van der Waals surface area (Å²) in [7, 11) is 0. The third kappa shape index (κ3) is 4.27. The smallest absolute Gasteiger partial charge is 0.305 e. The molecule has 0 atom stereocenters. The van der Waals surface area contributed by atoms with Gasteiger partial charge in [-0.05, 0) is 36.4 Å². The van der Waals surface area contributed by atoms with E-state index in [0.717, 1.165) is 6.07 Å². The van der Waals surface area contributed by atoms with Crippen molar-refractivity contribution in [2.45, 2.75) is 6.61 Å². The minimum absolute atomic E-state index is 0.00880. The highest BCUT2D eigenvalue weighted by Gasteiger charge is 2.15. The van der Waals surface area contributed by atoms with Gasteiger partial charge in [-0.25, -0.2) is 4.39 Å². The second-order valence-corrected chi connectivity index (χ2v) is 5.26. The Kier molecular flexibility index (Phi) is 5.28. The van der Waals surface area contributed by atoms with Gasteiger partial charge >= 0.3 is 5.91 Å². The maximum Gasteiger partial charge on any atom is 0.305 e. The highest BCUT2D eigenvalue weighted by molar-refractivity contribution is 5.98. The minimum Gasteiger partial charge on any atom is -0.486 e. The van der Waals surface area contributed by atoms with Gasteiger partial charge in [0.2, 0.25) is 0 Å². The molecule has 132 valence electrons. The lowest BCUT2D eigenvalue weighted by atomic mass is 10.2. The summed E-state index contributed by atoms with van der Waals surface area (Å²) in [5.74, 6) is -1.01. The van der Waals surface area contributed by atoms with Gasteiger partial charge in [0, 0.05) is 0 Å². The SMILES string of the molecule is O=C(NNC(=O)c1ccccc1F)c1ccc(COc2ccccc2)o1. The molecule has 26 heavy (non-hydrogen) atoms. The Bertz CT molecular complexity index is 909. The van der Waals surface area contributed by atoms with Crippen LogP contribution in [-0.2, 0) is 6.61 Å². The minimum atomic E-state index is -0.768. The average Bonchev–Trinajstić information content (AvgIpc) is 3.14. The van der Waals surface area contributed by atoms with Crippen LogP contribution in [0.2, 0.25) is 0 Å². The Morgan fingerprint density at radius 1 is 0.885 bits per heavy atom. The van der Waals surface area contributed by atoms with Crippen molar-refractivity contribution in [3.05, 3.63) is 89.6 Å². The van der Waals surface area contributed by atoms with E-state index < -0.39 is 17.6 Å². The fourth-order valence-electron chi connectivity index (χ4n) is 2.14. The first-order valence-corrected chi connectivity index (χ1v) is 7.75. The predicted octanol–water partition coefficient (Wildman–Crippen LogP) is 3.07. The number of carbonyl (C=O) groups excluding carboxylic acids is 2. The number of amides is 2. The molecule has 0 aliphatic carbocycles. The zero-order valence-corrected chi connectivity index (χ0v) is 13.6. The number of hydrogen-bond donors (Lipinski definition) is 2. The molecule has 3 aromatic rings. The van der Waals surface area contributed by atoms with Crippen molar-refractivity contribution in [2.24, 2.45) is 0 Å². The van der Waals surface area contributed by atoms with Crippen LogP contribution in [0, 0.1) is 5.82 Å². The number of rotatable bonds is 5. The fraction of sp³-hybridized carbons (Fsp3) is 0.0526. The number of benzene rings is 2. The van der Waals surface area contributed by atoms with Gasteiger partial charge < -0.3 is 9.15 Å². The zero-order valence-electron chi connectivity index (χ0n) is 13.6. The lowest BCUT2D eigenvalue weighted by molar-refractivity contribution is 0.0826. The van der Waals surface area contributed by atoms with Gasteiger partial charge in [-0.3, -0.25) is 20.4 Å². The number of ether oxygens (including phenoxy) is 1. The van der Waals surface area contributed by atoms with Crippen LogP contribution in [0.1, 0.15) is 26.7 Å². The third-order valence-electron chi connectivity index (χ3n) is 3.42. The topological polar surface area (TPSA) is 80.6 Å². The fourth-order valence-corrected chi connectivity index (χ4v) is 2.14. The monoisotopic (exact) mass is 354 g/mol. The van der Waals surface area contributed by atoms with Crippen LogP contribution < -0.4 is 15.6 Å². The number of hydrazine groups is 1. The molecular formula is C19H15FN2O4. The van der Waals surface area contributed by atoms with Gasteiger partial charge in [0.15, 0.2) is 5.76 Å². The highest BCUT2D eigenvalue weighted by atomic mass is 19.1. The molecule has 3 rings (SSSR count). The summed E-state index contributed by atoms with van der Waals surface area (Å²) in [5, 5.41) is 0. The van der Waals surface area contributed by atoms with Crippen LogP contribution >= 0.6 is 0 Å². The quantitative estimate of drug-likeness (QED) is 0.690. The Hall–Kier alpha value is -3.61. The van der Waals surface area contributed by atoms with Gasteiger partial charge in [-0.2, -0.15) is 0 Å². The Labute approximate surface area is 148 Å². The van der Waals surface area contributed by atoms with Crippen LogP contribution in [0.25, 0.3) is 0 Å². The molecule has 0 saturated carbocycles. The van der Waals surface area contributed by atoms with Crippen LogP contribution in [0.5, 0.6) is 5.75 Å². The molecule has 2 amide bonds. The van der Waals surface area contributed by atoms with Crippen molar-refractivity contribution >= 4 is 11.8 Å². The van der Waals surface area contributed by atoms with Crippen LogP contribution in [0.3, 0.4) is 0 Å². The van der Waals surface area contributed by atoms with Gasteiger partial charge in [-0.1, -0.05) is 30.3 Å². The van der Waals surface area contributed by atoms with Crippen molar-refractivity contribution in [3.8, 4) is 5.75 Å². The molecule has 2 aromatic carbocycles. The molecule has 7 heteroatoms. The van der Waals surface area contributed by atoms with E-state index in [1.807, 2.05) is 18.2 Å². The molecule has 0 radical (unpaired) electrons. The van der Waals surface area contributed by atoms with E-state index in [0.29, 0.717) is 11.5 Å². The first kappa shape index (κ1) is 17.2. The van der Waals surface area contributed by atoms with Crippen LogP contribution in [0.15, 0.2) is 71.1 Å². The average molecular weight is 354 g/mol. The summed E-state index contributed by atoms with van der Waals surface area (Å²) in [6.45, 7) is 0.152. The first-order valence-electron chi connectivity index (χ1n) is 7.75. The standard InChI is InChI=1S/C19H15FN2O4/c20-16-9-5-4-8-15(16)18(23)21-22-19(24)17-11-10-14(26-17)12-25-13-6-2-1-3-7-13/h1-11H,12H2,(H,21,23)(H,22,24). The van der Waals surface area contributed by atoms with Gasteiger partial charge in [0.1, 0.15) is 23.9 Å². The van der Waals surface area contributed by atoms with E-state index >= 15 is 0 Å². The maximum atomic E-state index is 13.5. The molecule has 0 saturated heterocycles. The highest BCUT2D eigenvalue weighted by Crippen LogP contribution is 2.14. The largest absolute Gasteiger partial charge is 0.486 e. The molecule has 0 aliphatic heterocycles. The summed E-state index contributed by atoms with van der Waals surface area (Å²) in [6.07, 6.45) is 0. The van der Waals surface area contributed by atoms with Gasteiger partial charge in [0.05, 0.1) is 5.56 Å². The molecule has 0 bridgehead atoms. The molecular weight excluding hydrogens is 339 g/mol. The Morgan fingerprint density at radius 3 is 2.35 bits per heavy atom. The lowest BCUT2D eigenvalue weighted by Gasteiger charge is -2.06. The Balaban J connectivity index is 1.53. The number of hydrogen-bond acceptors (Lipinski definition) is 4. The van der Waals surface area contributed by atoms with Crippen molar-refractivity contribution < 1.29 is 23.1 Å². The predicted molar refractivity (Wildman–Crippen MR) is 90.8 cm³/mol. The number of nitrogens with one attached hydrogen (secondary N) is 2. The summed E-state index contributed by atoms with van der Waals surface area (Å²) in [6, 6.07) is 17.7. The molecule has 6 nitrogen and oxygen atoms in total. The molecule has 0 spiro atoms. The maximum absolute atomic E-state index is 13.5. The van der Waals surface area contributed by atoms with E-state index in [4.69, 9.17) is 9.15 Å². The molecule has 0 fully saturated rings. The van der Waals surface area contributed by atoms with Crippen LogP contribution in [0.4, 0.5) is 4.39 Å². The molecule has 2 N–H and O–H groups in total. The zero-order chi connectivity index (χ0) is 18.4. The number of halogens is 1. The lowest BCUT2D eigenvalue weighted by Crippen LogP contribution is -2.41. The molecule has 0 aliphatic rings. The normalized spacial score (nSPS) is 10.2. The second-order valence-electron chi connectivity index (χ2n) is 5.26. The summed E-state index contributed by atoms with van der Waals surface area (Å²) >= 11 is 0. The van der Waals surface area contributed by atoms with Crippen molar-refractivity contribution in [3.63, 3.8) is 0 Å². The van der Waals surface area contributed by atoms with Gasteiger partial charge in [-0.15, -0.1) is 0 Å². The number of furan rings is 1. The van der Waals surface area contributed by atoms with Crippen LogP contribution in [-0.4, -0.2) is 11.8 Å². The van der Waals surface area contributed by atoms with Gasteiger partial charge in [0.25, 0.3) is 5.91 Å². The second kappa shape index (κ2) is 7.98. The van der Waals surface area contributed by atoms with E-state index in [9.17, 15) is 14.0 Å². The summed E-state index contributed by atoms with van der Waals surface area (Å²) in [5.41, 5.74) is 4.13. The van der Waals surface area contributed by atoms with Crippen molar-refractivity contribution in [2.75, 3.05) is 0 Å². The number of carbonyl (C=O) groups is 2. The van der Waals surface area contributed by atoms with E-state index in [-0.39, 0.29) is 17.9 Å². The van der Waals surface area contributed by atoms with E-state index in [2.05, 4.69) is 10.9 Å². The Morgan fingerprint density at radius 2 is 1.58 bits per heavy atom. The van der Waals surface area contributed by atoms with E-state index in [1.165, 1.54) is 24.3 Å². The third-order valence-corrected chi connectivity index (χ3v) is 3.42. The summed E-state index contributed by atoms with van der Waals surface area (Å²) < 4.78 is 24.4. The first-order chi connectivity index (χ1) is 12.6. The van der Waals surface area contributed by atoms with E-state index in [1.54, 1.807) is 18.2 Å². The number of para-hydroxylation sites is 1.